The molecule has 166 valence electrons. The Balaban J connectivity index is 1.35. The summed E-state index contributed by atoms with van der Waals surface area (Å²) in [6.07, 6.45) is 1.29. The van der Waals surface area contributed by atoms with Crippen molar-refractivity contribution in [1.29, 1.82) is 0 Å². The molecular weight excluding hydrogens is 424 g/mol. The van der Waals surface area contributed by atoms with Crippen LogP contribution in [0.15, 0.2) is 66.0 Å². The monoisotopic (exact) mass is 450 g/mol. The number of hydrogen-bond acceptors (Lipinski definition) is 5. The minimum Gasteiger partial charge on any atom is -0.494 e. The van der Waals surface area contributed by atoms with Gasteiger partial charge in [-0.15, -0.1) is 11.3 Å². The van der Waals surface area contributed by atoms with Gasteiger partial charge in [0, 0.05) is 19.0 Å². The first-order valence-electron chi connectivity index (χ1n) is 10.8. The van der Waals surface area contributed by atoms with Crippen LogP contribution in [-0.2, 0) is 4.79 Å². The molecule has 0 spiro atoms. The highest BCUT2D eigenvalue weighted by Gasteiger charge is 2.28. The highest BCUT2D eigenvalue weighted by molar-refractivity contribution is 7.12. The number of piperidine rings is 1. The summed E-state index contributed by atoms with van der Waals surface area (Å²) in [5.74, 6) is 1.89. The number of rotatable bonds is 7. The maximum atomic E-state index is 12.9. The van der Waals surface area contributed by atoms with Gasteiger partial charge < -0.3 is 19.7 Å². The van der Waals surface area contributed by atoms with Gasteiger partial charge in [-0.25, -0.2) is 0 Å². The van der Waals surface area contributed by atoms with Gasteiger partial charge in [-0.3, -0.25) is 9.59 Å². The molecule has 2 amide bonds. The Labute approximate surface area is 191 Å². The SMILES string of the molecule is CCOc1ccc(Oc2ccccc2NC(=O)C2CCN(C(=O)c3cccs3)CC2)cc1. The van der Waals surface area contributed by atoms with E-state index in [1.165, 1.54) is 11.3 Å². The number of hydrogen-bond donors (Lipinski definition) is 1. The van der Waals surface area contributed by atoms with E-state index < -0.39 is 0 Å². The molecule has 2 aromatic carbocycles. The average molecular weight is 451 g/mol. The number of benzene rings is 2. The molecule has 1 fully saturated rings. The summed E-state index contributed by atoms with van der Waals surface area (Å²) >= 11 is 1.45. The first-order chi connectivity index (χ1) is 15.6. The normalized spacial score (nSPS) is 14.1. The van der Waals surface area contributed by atoms with Crippen LogP contribution in [0.2, 0.25) is 0 Å². The maximum Gasteiger partial charge on any atom is 0.263 e. The van der Waals surface area contributed by atoms with Gasteiger partial charge >= 0.3 is 0 Å². The van der Waals surface area contributed by atoms with Crippen molar-refractivity contribution in [2.75, 3.05) is 25.0 Å². The summed E-state index contributed by atoms with van der Waals surface area (Å²) in [4.78, 5) is 28.0. The molecule has 0 atom stereocenters. The fraction of sp³-hybridized carbons (Fsp3) is 0.280. The van der Waals surface area contributed by atoms with Crippen LogP contribution in [0.1, 0.15) is 29.4 Å². The standard InChI is InChI=1S/C25H26N2O4S/c1-2-30-19-9-11-20(12-10-19)31-22-7-4-3-6-21(22)26-24(28)18-13-15-27(16-14-18)25(29)23-8-5-17-32-23/h3-12,17-18H,2,13-16H2,1H3,(H,26,28). The Morgan fingerprint density at radius 2 is 1.72 bits per heavy atom. The van der Waals surface area contributed by atoms with Crippen molar-refractivity contribution >= 4 is 28.8 Å². The first kappa shape index (κ1) is 21.9. The number of anilines is 1. The summed E-state index contributed by atoms with van der Waals surface area (Å²) in [6, 6.07) is 18.5. The molecule has 0 saturated carbocycles. The van der Waals surface area contributed by atoms with E-state index in [2.05, 4.69) is 5.32 Å². The van der Waals surface area contributed by atoms with Crippen molar-refractivity contribution in [1.82, 2.24) is 4.90 Å². The molecule has 0 unspecified atom stereocenters. The van der Waals surface area contributed by atoms with Crippen LogP contribution in [0, 0.1) is 5.92 Å². The zero-order valence-corrected chi connectivity index (χ0v) is 18.8. The van der Waals surface area contributed by atoms with E-state index in [9.17, 15) is 9.59 Å². The second-order valence-corrected chi connectivity index (χ2v) is 8.48. The molecule has 3 aromatic rings. The van der Waals surface area contributed by atoms with Gasteiger partial charge in [0.05, 0.1) is 17.2 Å². The Kier molecular flexibility index (Phi) is 7.07. The number of para-hydroxylation sites is 2. The molecule has 0 bridgehead atoms. The van der Waals surface area contributed by atoms with Crippen molar-refractivity contribution in [2.24, 2.45) is 5.92 Å². The summed E-state index contributed by atoms with van der Waals surface area (Å²) in [5, 5.41) is 4.92. The lowest BCUT2D eigenvalue weighted by Crippen LogP contribution is -2.41. The molecular formula is C25H26N2O4S. The lowest BCUT2D eigenvalue weighted by atomic mass is 9.95. The predicted molar refractivity (Wildman–Crippen MR) is 126 cm³/mol. The highest BCUT2D eigenvalue weighted by Crippen LogP contribution is 2.31. The Bertz CT molecular complexity index is 1040. The van der Waals surface area contributed by atoms with Gasteiger partial charge in [0.25, 0.3) is 5.91 Å². The fourth-order valence-corrected chi connectivity index (χ4v) is 4.38. The number of thiophene rings is 1. The van der Waals surface area contributed by atoms with Crippen molar-refractivity contribution in [3.8, 4) is 17.2 Å². The summed E-state index contributed by atoms with van der Waals surface area (Å²) < 4.78 is 11.5. The number of carbonyl (C=O) groups is 2. The van der Waals surface area contributed by atoms with Crippen LogP contribution in [0.3, 0.4) is 0 Å². The van der Waals surface area contributed by atoms with E-state index in [4.69, 9.17) is 9.47 Å². The molecule has 7 heteroatoms. The molecule has 2 heterocycles. The van der Waals surface area contributed by atoms with Gasteiger partial charge in [-0.05, 0) is 67.6 Å². The van der Waals surface area contributed by atoms with Crippen molar-refractivity contribution < 1.29 is 19.1 Å². The highest BCUT2D eigenvalue weighted by atomic mass is 32.1. The third-order valence-corrected chi connectivity index (χ3v) is 6.25. The molecule has 1 aromatic heterocycles. The molecule has 1 saturated heterocycles. The van der Waals surface area contributed by atoms with Crippen molar-refractivity contribution in [2.45, 2.75) is 19.8 Å². The maximum absolute atomic E-state index is 12.9. The molecule has 4 rings (SSSR count). The number of nitrogens with zero attached hydrogens (tertiary/aromatic N) is 1. The minimum absolute atomic E-state index is 0.0454. The van der Waals surface area contributed by atoms with Crippen LogP contribution >= 0.6 is 11.3 Å². The van der Waals surface area contributed by atoms with E-state index in [1.54, 1.807) is 0 Å². The molecule has 1 aliphatic rings. The molecule has 32 heavy (non-hydrogen) atoms. The summed E-state index contributed by atoms with van der Waals surface area (Å²) in [5.41, 5.74) is 0.628. The largest absolute Gasteiger partial charge is 0.494 e. The van der Waals surface area contributed by atoms with Crippen LogP contribution in [0.25, 0.3) is 0 Å². The van der Waals surface area contributed by atoms with E-state index in [0.29, 0.717) is 49.7 Å². The van der Waals surface area contributed by atoms with Crippen molar-refractivity contribution in [3.05, 3.63) is 70.9 Å². The number of carbonyl (C=O) groups excluding carboxylic acids is 2. The van der Waals surface area contributed by atoms with Gasteiger partial charge in [-0.2, -0.15) is 0 Å². The first-order valence-corrected chi connectivity index (χ1v) is 11.7. The van der Waals surface area contributed by atoms with E-state index in [-0.39, 0.29) is 17.7 Å². The van der Waals surface area contributed by atoms with E-state index >= 15 is 0 Å². The predicted octanol–water partition coefficient (Wildman–Crippen LogP) is 5.43. The van der Waals surface area contributed by atoms with Gasteiger partial charge in [0.1, 0.15) is 11.5 Å². The van der Waals surface area contributed by atoms with Gasteiger partial charge in [0.2, 0.25) is 5.91 Å². The average Bonchev–Trinajstić information content (AvgIpc) is 3.36. The molecule has 1 N–H and O–H groups in total. The van der Waals surface area contributed by atoms with Gasteiger partial charge in [-0.1, -0.05) is 18.2 Å². The molecule has 6 nitrogen and oxygen atoms in total. The third kappa shape index (κ3) is 5.29. The minimum atomic E-state index is -0.138. The zero-order valence-electron chi connectivity index (χ0n) is 18.0. The Hall–Kier alpha value is -3.32. The second kappa shape index (κ2) is 10.3. The third-order valence-electron chi connectivity index (χ3n) is 5.39. The number of amides is 2. The lowest BCUT2D eigenvalue weighted by molar-refractivity contribution is -0.121. The number of ether oxygens (including phenoxy) is 2. The van der Waals surface area contributed by atoms with E-state index in [0.717, 1.165) is 10.6 Å². The van der Waals surface area contributed by atoms with Crippen LogP contribution in [-0.4, -0.2) is 36.4 Å². The number of likely N-dealkylation sites (tertiary alicyclic amines) is 1. The van der Waals surface area contributed by atoms with E-state index in [1.807, 2.05) is 77.9 Å². The quantitative estimate of drug-likeness (QED) is 0.521. The van der Waals surface area contributed by atoms with Crippen molar-refractivity contribution in [3.63, 3.8) is 0 Å². The Morgan fingerprint density at radius 3 is 2.41 bits per heavy atom. The van der Waals surface area contributed by atoms with Gasteiger partial charge in [0.15, 0.2) is 5.75 Å². The summed E-state index contributed by atoms with van der Waals surface area (Å²) in [6.45, 7) is 3.71. The molecule has 0 aliphatic carbocycles. The van der Waals surface area contributed by atoms with Crippen LogP contribution in [0.5, 0.6) is 17.2 Å². The fourth-order valence-electron chi connectivity index (χ4n) is 3.69. The second-order valence-electron chi connectivity index (χ2n) is 7.54. The molecule has 0 radical (unpaired) electrons. The zero-order chi connectivity index (χ0) is 22.3. The Morgan fingerprint density at radius 1 is 1.00 bits per heavy atom. The van der Waals surface area contributed by atoms with Crippen LogP contribution < -0.4 is 14.8 Å². The topological polar surface area (TPSA) is 67.9 Å². The number of nitrogens with one attached hydrogen (secondary N) is 1. The molecule has 1 aliphatic heterocycles. The lowest BCUT2D eigenvalue weighted by Gasteiger charge is -2.31. The van der Waals surface area contributed by atoms with Crippen LogP contribution in [0.4, 0.5) is 5.69 Å². The summed E-state index contributed by atoms with van der Waals surface area (Å²) in [7, 11) is 0. The smallest absolute Gasteiger partial charge is 0.263 e.